The largest absolute Gasteiger partial charge is 0.444 e. The van der Waals surface area contributed by atoms with Crippen LogP contribution in [0.2, 0.25) is 0 Å². The van der Waals surface area contributed by atoms with Crippen molar-refractivity contribution in [2.75, 3.05) is 11.6 Å². The van der Waals surface area contributed by atoms with Crippen LogP contribution >= 0.6 is 11.8 Å². The number of amides is 1. The Labute approximate surface area is 173 Å². The van der Waals surface area contributed by atoms with Crippen LogP contribution in [0.4, 0.5) is 10.5 Å². The molecule has 0 aliphatic heterocycles. The molecule has 1 amide bonds. The molecule has 0 aliphatic carbocycles. The van der Waals surface area contributed by atoms with Gasteiger partial charge in [0.25, 0.3) is 5.56 Å². The van der Waals surface area contributed by atoms with E-state index in [1.807, 2.05) is 19.2 Å². The molecular formula is C21H24N4O3S. The lowest BCUT2D eigenvalue weighted by Crippen LogP contribution is -2.27. The Bertz CT molecular complexity index is 1120. The number of benzene rings is 1. The lowest BCUT2D eigenvalue weighted by Gasteiger charge is -2.20. The molecule has 3 aromatic rings. The maximum Gasteiger partial charge on any atom is 0.412 e. The van der Waals surface area contributed by atoms with Gasteiger partial charge in [-0.2, -0.15) is 0 Å². The molecule has 0 aliphatic rings. The lowest BCUT2D eigenvalue weighted by molar-refractivity contribution is 0.0636. The number of anilines is 1. The molecule has 0 atom stereocenters. The van der Waals surface area contributed by atoms with Crippen LogP contribution in [-0.4, -0.2) is 32.5 Å². The normalized spacial score (nSPS) is 11.5. The summed E-state index contributed by atoms with van der Waals surface area (Å²) < 4.78 is 6.87. The van der Waals surface area contributed by atoms with Crippen LogP contribution in [0.1, 0.15) is 33.3 Å². The molecule has 7 nitrogen and oxygen atoms in total. The van der Waals surface area contributed by atoms with E-state index >= 15 is 0 Å². The first-order chi connectivity index (χ1) is 13.7. The zero-order valence-corrected chi connectivity index (χ0v) is 18.0. The van der Waals surface area contributed by atoms with Crippen LogP contribution in [0.3, 0.4) is 0 Å². The average molecular weight is 413 g/mol. The molecule has 1 aromatic carbocycles. The maximum absolute atomic E-state index is 13.1. The molecular weight excluding hydrogens is 388 g/mol. The minimum atomic E-state index is -0.602. The number of aromatic nitrogens is 3. The molecule has 0 bridgehead atoms. The van der Waals surface area contributed by atoms with Gasteiger partial charge >= 0.3 is 6.09 Å². The second-order valence-electron chi connectivity index (χ2n) is 7.48. The molecule has 3 rings (SSSR count). The summed E-state index contributed by atoms with van der Waals surface area (Å²) in [6.07, 6.45) is 3.65. The topological polar surface area (TPSA) is 86.1 Å². The van der Waals surface area contributed by atoms with E-state index in [1.165, 1.54) is 11.8 Å². The highest BCUT2D eigenvalue weighted by molar-refractivity contribution is 7.98. The monoisotopic (exact) mass is 412 g/mol. The number of carbonyl (C=O) groups is 1. The zero-order chi connectivity index (χ0) is 21.2. The van der Waals surface area contributed by atoms with Gasteiger partial charge in [-0.15, -0.1) is 0 Å². The maximum atomic E-state index is 13.1. The van der Waals surface area contributed by atoms with E-state index in [0.29, 0.717) is 34.2 Å². The summed E-state index contributed by atoms with van der Waals surface area (Å²) in [7, 11) is 0. The molecule has 29 heavy (non-hydrogen) atoms. The molecule has 2 aromatic heterocycles. The first-order valence-corrected chi connectivity index (χ1v) is 10.5. The molecule has 0 saturated heterocycles. The Kier molecular flexibility index (Phi) is 5.93. The number of rotatable bonds is 4. The van der Waals surface area contributed by atoms with Crippen LogP contribution in [0.15, 0.2) is 46.5 Å². The van der Waals surface area contributed by atoms with Gasteiger partial charge in [0, 0.05) is 22.8 Å². The fourth-order valence-corrected chi connectivity index (χ4v) is 3.21. The van der Waals surface area contributed by atoms with Gasteiger partial charge in [0.2, 0.25) is 0 Å². The Hall–Kier alpha value is -2.87. The number of aryl methyl sites for hydroxylation is 1. The van der Waals surface area contributed by atoms with E-state index in [0.717, 1.165) is 5.39 Å². The summed E-state index contributed by atoms with van der Waals surface area (Å²) in [6, 6.07) is 8.88. The van der Waals surface area contributed by atoms with Crippen molar-refractivity contribution in [2.45, 2.75) is 44.9 Å². The number of nitrogens with one attached hydrogen (secondary N) is 1. The van der Waals surface area contributed by atoms with E-state index < -0.39 is 11.7 Å². The number of nitrogens with zero attached hydrogens (tertiary/aromatic N) is 3. The molecule has 0 radical (unpaired) electrons. The van der Waals surface area contributed by atoms with E-state index in [9.17, 15) is 9.59 Å². The molecule has 152 valence electrons. The van der Waals surface area contributed by atoms with Gasteiger partial charge in [0.05, 0.1) is 5.69 Å². The van der Waals surface area contributed by atoms with Gasteiger partial charge in [-0.1, -0.05) is 24.8 Å². The van der Waals surface area contributed by atoms with E-state index in [1.54, 1.807) is 55.8 Å². The fraction of sp³-hybridized carbons (Fsp3) is 0.333. The molecule has 0 spiro atoms. The summed E-state index contributed by atoms with van der Waals surface area (Å²) in [5.74, 6) is 0. The number of hydrogen-bond donors (Lipinski definition) is 1. The van der Waals surface area contributed by atoms with Gasteiger partial charge in [0.15, 0.2) is 10.8 Å². The Morgan fingerprint density at radius 1 is 1.28 bits per heavy atom. The Morgan fingerprint density at radius 2 is 2.03 bits per heavy atom. The molecule has 0 saturated carbocycles. The first kappa shape index (κ1) is 20.9. The minimum absolute atomic E-state index is 0.139. The number of hydrogen-bond acceptors (Lipinski definition) is 6. The van der Waals surface area contributed by atoms with Gasteiger partial charge in [-0.05, 0) is 57.7 Å². The number of pyridine rings is 1. The standard InChI is InChI=1S/C21H24N4O3S/c1-6-13-10-14-12-22-19(29-5)24-17(14)25(18(13)26)16-9-7-8-15(11-16)23-20(27)28-21(2,3)4/h7-12H,6H2,1-5H3,(H,23,27). The van der Waals surface area contributed by atoms with Crippen LogP contribution < -0.4 is 10.9 Å². The second kappa shape index (κ2) is 8.24. The van der Waals surface area contributed by atoms with Crippen LogP contribution in [0, 0.1) is 0 Å². The highest BCUT2D eigenvalue weighted by Crippen LogP contribution is 2.21. The third-order valence-corrected chi connectivity index (χ3v) is 4.67. The summed E-state index contributed by atoms with van der Waals surface area (Å²) in [5.41, 5.74) is 1.59. The lowest BCUT2D eigenvalue weighted by atomic mass is 10.1. The number of ether oxygens (including phenoxy) is 1. The summed E-state index contributed by atoms with van der Waals surface area (Å²) in [6.45, 7) is 7.33. The quantitative estimate of drug-likeness (QED) is 0.504. The molecule has 1 N–H and O–H groups in total. The summed E-state index contributed by atoms with van der Waals surface area (Å²) >= 11 is 1.41. The van der Waals surface area contributed by atoms with E-state index in [4.69, 9.17) is 4.74 Å². The van der Waals surface area contributed by atoms with Crippen molar-refractivity contribution in [1.29, 1.82) is 0 Å². The average Bonchev–Trinajstić information content (AvgIpc) is 2.65. The predicted molar refractivity (Wildman–Crippen MR) is 116 cm³/mol. The van der Waals surface area contributed by atoms with Gasteiger partial charge in [-0.25, -0.2) is 14.8 Å². The smallest absolute Gasteiger partial charge is 0.412 e. The molecule has 0 fully saturated rings. The van der Waals surface area contributed by atoms with Crippen molar-refractivity contribution in [2.24, 2.45) is 0 Å². The van der Waals surface area contributed by atoms with Crippen molar-refractivity contribution in [3.8, 4) is 5.69 Å². The van der Waals surface area contributed by atoms with Crippen molar-refractivity contribution >= 4 is 34.6 Å². The third-order valence-electron chi connectivity index (χ3n) is 4.11. The summed E-state index contributed by atoms with van der Waals surface area (Å²) in [5, 5.41) is 4.08. The highest BCUT2D eigenvalue weighted by Gasteiger charge is 2.17. The van der Waals surface area contributed by atoms with E-state index in [2.05, 4.69) is 15.3 Å². The molecule has 8 heteroatoms. The van der Waals surface area contributed by atoms with Gasteiger partial charge < -0.3 is 4.74 Å². The van der Waals surface area contributed by atoms with Crippen LogP contribution in [0.25, 0.3) is 16.7 Å². The van der Waals surface area contributed by atoms with Crippen molar-refractivity contribution in [1.82, 2.24) is 14.5 Å². The third kappa shape index (κ3) is 4.76. The van der Waals surface area contributed by atoms with Crippen LogP contribution in [0.5, 0.6) is 0 Å². The SMILES string of the molecule is CCc1cc2cnc(SC)nc2n(-c2cccc(NC(=O)OC(C)(C)C)c2)c1=O. The van der Waals surface area contributed by atoms with Crippen molar-refractivity contribution < 1.29 is 9.53 Å². The Balaban J connectivity index is 2.11. The second-order valence-corrected chi connectivity index (χ2v) is 8.25. The summed E-state index contributed by atoms with van der Waals surface area (Å²) in [4.78, 5) is 34.1. The van der Waals surface area contributed by atoms with Gasteiger partial charge in [-0.3, -0.25) is 14.7 Å². The highest BCUT2D eigenvalue weighted by atomic mass is 32.2. The number of carbonyl (C=O) groups excluding carboxylic acids is 1. The molecule has 2 heterocycles. The van der Waals surface area contributed by atoms with Crippen molar-refractivity contribution in [3.05, 3.63) is 52.4 Å². The number of thioether (sulfide) groups is 1. The minimum Gasteiger partial charge on any atom is -0.444 e. The fourth-order valence-electron chi connectivity index (χ4n) is 2.87. The molecule has 0 unspecified atom stereocenters. The number of fused-ring (bicyclic) bond motifs is 1. The van der Waals surface area contributed by atoms with Crippen LogP contribution in [-0.2, 0) is 11.2 Å². The van der Waals surface area contributed by atoms with Gasteiger partial charge in [0.1, 0.15) is 5.60 Å². The predicted octanol–water partition coefficient (Wildman–Crippen LogP) is 4.41. The Morgan fingerprint density at radius 3 is 2.69 bits per heavy atom. The zero-order valence-electron chi connectivity index (χ0n) is 17.1. The first-order valence-electron chi connectivity index (χ1n) is 9.28. The van der Waals surface area contributed by atoms with Crippen molar-refractivity contribution in [3.63, 3.8) is 0 Å². The van der Waals surface area contributed by atoms with E-state index in [-0.39, 0.29) is 5.56 Å².